The van der Waals surface area contributed by atoms with Crippen LogP contribution in [0.4, 0.5) is 0 Å². The second-order valence-electron chi connectivity index (χ2n) is 17.3. The molecule has 0 aliphatic carbocycles. The molecule has 1 unspecified atom stereocenters. The molecule has 0 spiro atoms. The summed E-state index contributed by atoms with van der Waals surface area (Å²) in [7, 11) is 0. The van der Waals surface area contributed by atoms with Crippen molar-refractivity contribution in [2.75, 3.05) is 13.2 Å². The van der Waals surface area contributed by atoms with Crippen molar-refractivity contribution < 1.29 is 24.2 Å². The van der Waals surface area contributed by atoms with Crippen molar-refractivity contribution in [3.63, 3.8) is 0 Å². The van der Waals surface area contributed by atoms with Gasteiger partial charge in [0, 0.05) is 12.8 Å². The first-order chi connectivity index (χ1) is 27.6. The third kappa shape index (κ3) is 45.3. The second kappa shape index (κ2) is 48.0. The fraction of sp³-hybridized carbons (Fsp3) is 0.922. The Kier molecular flexibility index (Phi) is 46.8. The van der Waals surface area contributed by atoms with E-state index in [1.54, 1.807) is 0 Å². The van der Waals surface area contributed by atoms with Gasteiger partial charge in [0.2, 0.25) is 0 Å². The number of aliphatic hydroxyl groups excluding tert-OH is 1. The molecule has 0 bridgehead atoms. The van der Waals surface area contributed by atoms with Gasteiger partial charge in [0.05, 0.1) is 6.61 Å². The first kappa shape index (κ1) is 54.6. The molecule has 0 aliphatic heterocycles. The van der Waals surface area contributed by atoms with E-state index in [1.807, 2.05) is 0 Å². The van der Waals surface area contributed by atoms with Crippen molar-refractivity contribution in [3.8, 4) is 0 Å². The normalized spacial score (nSPS) is 12.1. The smallest absolute Gasteiger partial charge is 0.306 e. The molecular formula is C51H98O5. The van der Waals surface area contributed by atoms with Crippen LogP contribution in [0.25, 0.3) is 0 Å². The molecular weight excluding hydrogens is 693 g/mol. The minimum atomic E-state index is -0.763. The quantitative estimate of drug-likeness (QED) is 0.0378. The van der Waals surface area contributed by atoms with Crippen molar-refractivity contribution in [2.24, 2.45) is 0 Å². The molecule has 56 heavy (non-hydrogen) atoms. The minimum absolute atomic E-state index is 0.0582. The summed E-state index contributed by atoms with van der Waals surface area (Å²) in [4.78, 5) is 24.3. The van der Waals surface area contributed by atoms with Gasteiger partial charge in [0.25, 0.3) is 0 Å². The maximum absolute atomic E-state index is 12.2. The second-order valence-corrected chi connectivity index (χ2v) is 17.3. The molecule has 5 heteroatoms. The van der Waals surface area contributed by atoms with Crippen LogP contribution >= 0.6 is 0 Å². The molecule has 0 rings (SSSR count). The van der Waals surface area contributed by atoms with Gasteiger partial charge in [-0.2, -0.15) is 0 Å². The van der Waals surface area contributed by atoms with Crippen molar-refractivity contribution in [2.45, 2.75) is 290 Å². The summed E-state index contributed by atoms with van der Waals surface area (Å²) in [6, 6.07) is 0. The lowest BCUT2D eigenvalue weighted by Crippen LogP contribution is -2.28. The Morgan fingerprint density at radius 3 is 0.964 bits per heavy atom. The zero-order valence-corrected chi connectivity index (χ0v) is 37.9. The van der Waals surface area contributed by atoms with Gasteiger partial charge in [-0.3, -0.25) is 9.59 Å². The Labute approximate surface area is 350 Å². The highest BCUT2D eigenvalue weighted by molar-refractivity contribution is 5.70. The number of unbranched alkanes of at least 4 members (excludes halogenated alkanes) is 37. The first-order valence-corrected chi connectivity index (χ1v) is 25.2. The van der Waals surface area contributed by atoms with E-state index in [9.17, 15) is 14.7 Å². The van der Waals surface area contributed by atoms with Crippen molar-refractivity contribution in [1.82, 2.24) is 0 Å². The van der Waals surface area contributed by atoms with Crippen molar-refractivity contribution in [3.05, 3.63) is 12.2 Å². The van der Waals surface area contributed by atoms with Crippen LogP contribution in [0.2, 0.25) is 0 Å². The van der Waals surface area contributed by atoms with Crippen LogP contribution in [0.3, 0.4) is 0 Å². The van der Waals surface area contributed by atoms with E-state index in [2.05, 4.69) is 26.0 Å². The van der Waals surface area contributed by atoms with Gasteiger partial charge in [-0.15, -0.1) is 0 Å². The summed E-state index contributed by atoms with van der Waals surface area (Å²) in [5, 5.41) is 9.58. The van der Waals surface area contributed by atoms with E-state index in [-0.39, 0.29) is 25.2 Å². The number of carbonyl (C=O) groups is 2. The van der Waals surface area contributed by atoms with E-state index in [0.29, 0.717) is 12.8 Å². The van der Waals surface area contributed by atoms with E-state index >= 15 is 0 Å². The van der Waals surface area contributed by atoms with Crippen LogP contribution in [-0.2, 0) is 19.1 Å². The molecule has 1 N–H and O–H groups in total. The summed E-state index contributed by atoms with van der Waals surface area (Å²) in [5.41, 5.74) is 0. The monoisotopic (exact) mass is 791 g/mol. The SMILES string of the molecule is CCCCCCCCCC/C=C\CCCCCCCCCCCCCCCCCCCCCC(=O)OC(CO)COC(=O)CCCCCCCCCCCCC. The predicted octanol–water partition coefficient (Wildman–Crippen LogP) is 16.4. The van der Waals surface area contributed by atoms with Gasteiger partial charge < -0.3 is 14.6 Å². The van der Waals surface area contributed by atoms with E-state index in [4.69, 9.17) is 9.47 Å². The molecule has 1 atom stereocenters. The Bertz CT molecular complexity index is 810. The number of aliphatic hydroxyl groups is 1. The van der Waals surface area contributed by atoms with Crippen molar-refractivity contribution in [1.29, 1.82) is 0 Å². The highest BCUT2D eigenvalue weighted by atomic mass is 16.6. The number of esters is 2. The molecule has 0 radical (unpaired) electrons. The van der Waals surface area contributed by atoms with Crippen LogP contribution in [0.15, 0.2) is 12.2 Å². The molecule has 5 nitrogen and oxygen atoms in total. The van der Waals surface area contributed by atoms with Gasteiger partial charge in [0.15, 0.2) is 6.10 Å². The van der Waals surface area contributed by atoms with E-state index in [0.717, 1.165) is 38.5 Å². The minimum Gasteiger partial charge on any atom is -0.462 e. The molecule has 0 amide bonds. The highest BCUT2D eigenvalue weighted by Crippen LogP contribution is 2.17. The van der Waals surface area contributed by atoms with E-state index < -0.39 is 6.10 Å². The molecule has 0 fully saturated rings. The summed E-state index contributed by atoms with van der Waals surface area (Å²) in [6.07, 6.45) is 57.5. The third-order valence-corrected chi connectivity index (χ3v) is 11.6. The first-order valence-electron chi connectivity index (χ1n) is 25.2. The Morgan fingerprint density at radius 1 is 0.393 bits per heavy atom. The van der Waals surface area contributed by atoms with Crippen LogP contribution in [0.5, 0.6) is 0 Å². The van der Waals surface area contributed by atoms with Crippen LogP contribution in [0, 0.1) is 0 Å². The molecule has 0 aromatic heterocycles. The average Bonchev–Trinajstić information content (AvgIpc) is 3.20. The summed E-state index contributed by atoms with van der Waals surface area (Å²) in [5.74, 6) is -0.575. The summed E-state index contributed by atoms with van der Waals surface area (Å²) >= 11 is 0. The van der Waals surface area contributed by atoms with Gasteiger partial charge in [0.1, 0.15) is 6.61 Å². The molecule has 0 aromatic carbocycles. The number of ether oxygens (including phenoxy) is 2. The van der Waals surface area contributed by atoms with Gasteiger partial charge in [-0.05, 0) is 38.5 Å². The molecule has 0 aromatic rings. The molecule has 0 saturated carbocycles. The maximum Gasteiger partial charge on any atom is 0.306 e. The average molecular weight is 791 g/mol. The standard InChI is InChI=1S/C51H98O5/c1-3-5-7-9-11-13-15-16-17-18-19-20-21-22-23-24-25-26-27-28-29-30-31-32-33-34-36-38-40-42-44-46-51(54)56-49(47-52)48-55-50(53)45-43-41-39-37-35-14-12-10-8-6-4-2/h18-19,49,52H,3-17,20-48H2,1-2H3/b19-18-. The van der Waals surface area contributed by atoms with Gasteiger partial charge in [-0.25, -0.2) is 0 Å². The Morgan fingerprint density at radius 2 is 0.661 bits per heavy atom. The molecule has 0 heterocycles. The van der Waals surface area contributed by atoms with Crippen LogP contribution < -0.4 is 0 Å². The summed E-state index contributed by atoms with van der Waals surface area (Å²) in [6.45, 7) is 4.16. The molecule has 0 aliphatic rings. The predicted molar refractivity (Wildman–Crippen MR) is 242 cm³/mol. The largest absolute Gasteiger partial charge is 0.462 e. The summed E-state index contributed by atoms with van der Waals surface area (Å²) < 4.78 is 10.6. The number of carbonyl (C=O) groups excluding carboxylic acids is 2. The van der Waals surface area contributed by atoms with E-state index in [1.165, 1.54) is 218 Å². The topological polar surface area (TPSA) is 72.8 Å². The van der Waals surface area contributed by atoms with Crippen LogP contribution in [-0.4, -0.2) is 36.4 Å². The third-order valence-electron chi connectivity index (χ3n) is 11.6. The highest BCUT2D eigenvalue weighted by Gasteiger charge is 2.16. The number of allylic oxidation sites excluding steroid dienone is 2. The molecule has 332 valence electrons. The van der Waals surface area contributed by atoms with Gasteiger partial charge >= 0.3 is 11.9 Å². The van der Waals surface area contributed by atoms with Gasteiger partial charge in [-0.1, -0.05) is 244 Å². The fourth-order valence-electron chi connectivity index (χ4n) is 7.73. The zero-order valence-electron chi connectivity index (χ0n) is 37.9. The lowest BCUT2D eigenvalue weighted by atomic mass is 10.0. The van der Waals surface area contributed by atoms with Crippen LogP contribution in [0.1, 0.15) is 284 Å². The maximum atomic E-state index is 12.2. The lowest BCUT2D eigenvalue weighted by molar-refractivity contribution is -0.161. The van der Waals surface area contributed by atoms with Crippen molar-refractivity contribution >= 4 is 11.9 Å². The number of rotatable bonds is 47. The fourth-order valence-corrected chi connectivity index (χ4v) is 7.73. The Hall–Kier alpha value is -1.36. The Balaban J connectivity index is 3.38. The lowest BCUT2D eigenvalue weighted by Gasteiger charge is -2.15. The number of hydrogen-bond acceptors (Lipinski definition) is 5. The zero-order chi connectivity index (χ0) is 40.7. The number of hydrogen-bond donors (Lipinski definition) is 1. The molecule has 0 saturated heterocycles.